The molecule has 2 N–H and O–H groups in total. The van der Waals surface area contributed by atoms with Crippen molar-refractivity contribution in [2.24, 2.45) is 0 Å². The highest BCUT2D eigenvalue weighted by molar-refractivity contribution is 6.35. The molecule has 0 saturated carbocycles. The Morgan fingerprint density at radius 1 is 1.41 bits per heavy atom. The van der Waals surface area contributed by atoms with Crippen molar-refractivity contribution in [3.63, 3.8) is 0 Å². The van der Waals surface area contributed by atoms with Gasteiger partial charge in [-0.15, -0.1) is 6.42 Å². The largest absolute Gasteiger partial charge is 0.325 e. The number of carbonyl (C=O) groups is 1. The van der Waals surface area contributed by atoms with Gasteiger partial charge in [0.15, 0.2) is 5.82 Å². The Kier molecular flexibility index (Phi) is 5.23. The first-order valence-electron chi connectivity index (χ1n) is 4.63. The van der Waals surface area contributed by atoms with Gasteiger partial charge in [0.2, 0.25) is 5.91 Å². The maximum absolute atomic E-state index is 13.1. The van der Waals surface area contributed by atoms with Gasteiger partial charge in [0.25, 0.3) is 0 Å². The van der Waals surface area contributed by atoms with Crippen LogP contribution in [0.2, 0.25) is 10.0 Å². The van der Waals surface area contributed by atoms with Gasteiger partial charge in [-0.1, -0.05) is 29.1 Å². The van der Waals surface area contributed by atoms with Crippen LogP contribution >= 0.6 is 23.2 Å². The molecular weight excluding hydrogens is 266 g/mol. The Morgan fingerprint density at radius 2 is 2.00 bits per heavy atom. The first-order chi connectivity index (χ1) is 8.04. The monoisotopic (exact) mass is 274 g/mol. The van der Waals surface area contributed by atoms with Gasteiger partial charge in [-0.05, 0) is 12.1 Å². The molecule has 0 radical (unpaired) electrons. The lowest BCUT2D eigenvalue weighted by Crippen LogP contribution is -2.28. The van der Waals surface area contributed by atoms with Crippen LogP contribution in [0.15, 0.2) is 12.1 Å². The van der Waals surface area contributed by atoms with Crippen molar-refractivity contribution in [2.75, 3.05) is 18.4 Å². The van der Waals surface area contributed by atoms with E-state index in [1.807, 2.05) is 0 Å². The van der Waals surface area contributed by atoms with Gasteiger partial charge in [0.05, 0.1) is 23.1 Å². The summed E-state index contributed by atoms with van der Waals surface area (Å²) in [6.07, 6.45) is 5.00. The summed E-state index contributed by atoms with van der Waals surface area (Å²) in [4.78, 5) is 11.4. The molecule has 90 valence electrons. The summed E-state index contributed by atoms with van der Waals surface area (Å²) >= 11 is 11.2. The fourth-order valence-corrected chi connectivity index (χ4v) is 1.57. The summed E-state index contributed by atoms with van der Waals surface area (Å²) in [5.74, 6) is 1.30. The average Bonchev–Trinajstić information content (AvgIpc) is 2.26. The van der Waals surface area contributed by atoms with E-state index in [9.17, 15) is 9.18 Å². The second-order valence-electron chi connectivity index (χ2n) is 3.11. The van der Waals surface area contributed by atoms with Crippen molar-refractivity contribution < 1.29 is 9.18 Å². The van der Waals surface area contributed by atoms with Crippen molar-refractivity contribution in [3.8, 4) is 12.3 Å². The Balaban J connectivity index is 2.63. The van der Waals surface area contributed by atoms with E-state index in [0.29, 0.717) is 12.2 Å². The van der Waals surface area contributed by atoms with Crippen LogP contribution in [0, 0.1) is 18.2 Å². The molecule has 1 rings (SSSR count). The van der Waals surface area contributed by atoms with Crippen LogP contribution in [0.1, 0.15) is 0 Å². The molecule has 0 heterocycles. The van der Waals surface area contributed by atoms with Crippen molar-refractivity contribution in [3.05, 3.63) is 28.0 Å². The number of hydrogen-bond donors (Lipinski definition) is 2. The molecule has 0 aromatic heterocycles. The first-order valence-corrected chi connectivity index (χ1v) is 5.38. The topological polar surface area (TPSA) is 41.1 Å². The highest BCUT2D eigenvalue weighted by Gasteiger charge is 2.09. The van der Waals surface area contributed by atoms with Crippen molar-refractivity contribution in [1.29, 1.82) is 0 Å². The number of anilines is 1. The van der Waals surface area contributed by atoms with Crippen LogP contribution in [-0.4, -0.2) is 19.0 Å². The van der Waals surface area contributed by atoms with E-state index in [0.717, 1.165) is 0 Å². The lowest BCUT2D eigenvalue weighted by molar-refractivity contribution is -0.115. The minimum Gasteiger partial charge on any atom is -0.325 e. The molecular formula is C11H9Cl2FN2O. The van der Waals surface area contributed by atoms with Crippen LogP contribution in [0.25, 0.3) is 0 Å². The molecule has 17 heavy (non-hydrogen) atoms. The van der Waals surface area contributed by atoms with E-state index >= 15 is 0 Å². The first kappa shape index (κ1) is 13.8. The third-order valence-electron chi connectivity index (χ3n) is 1.78. The Morgan fingerprint density at radius 3 is 2.53 bits per heavy atom. The Labute approximate surface area is 108 Å². The smallest absolute Gasteiger partial charge is 0.238 e. The summed E-state index contributed by atoms with van der Waals surface area (Å²) in [5.41, 5.74) is 0.328. The molecule has 1 aromatic rings. The predicted octanol–water partition coefficient (Wildman–Crippen LogP) is 2.29. The maximum atomic E-state index is 13.1. The zero-order valence-electron chi connectivity index (χ0n) is 8.69. The number of terminal acetylenes is 1. The summed E-state index contributed by atoms with van der Waals surface area (Å²) in [7, 11) is 0. The van der Waals surface area contributed by atoms with E-state index < -0.39 is 5.82 Å². The second-order valence-corrected chi connectivity index (χ2v) is 3.92. The molecule has 0 bridgehead atoms. The fraction of sp³-hybridized carbons (Fsp3) is 0.182. The fourth-order valence-electron chi connectivity index (χ4n) is 1.08. The number of hydrogen-bond acceptors (Lipinski definition) is 2. The van der Waals surface area contributed by atoms with Crippen molar-refractivity contribution in [1.82, 2.24) is 5.32 Å². The third-order valence-corrected chi connectivity index (χ3v) is 2.33. The van der Waals surface area contributed by atoms with E-state index in [2.05, 4.69) is 16.6 Å². The van der Waals surface area contributed by atoms with E-state index in [4.69, 9.17) is 29.6 Å². The Hall–Kier alpha value is -1.28. The molecule has 3 nitrogen and oxygen atoms in total. The zero-order valence-corrected chi connectivity index (χ0v) is 10.2. The molecule has 1 aromatic carbocycles. The lowest BCUT2D eigenvalue weighted by Gasteiger charge is -2.07. The summed E-state index contributed by atoms with van der Waals surface area (Å²) in [6.45, 7) is 0.342. The maximum Gasteiger partial charge on any atom is 0.238 e. The number of amides is 1. The molecule has 0 saturated heterocycles. The van der Waals surface area contributed by atoms with Gasteiger partial charge >= 0.3 is 0 Å². The van der Waals surface area contributed by atoms with Gasteiger partial charge in [0, 0.05) is 5.69 Å². The quantitative estimate of drug-likeness (QED) is 0.503. The number of halogens is 3. The normalized spacial score (nSPS) is 9.76. The van der Waals surface area contributed by atoms with Crippen LogP contribution in [0.4, 0.5) is 10.1 Å². The predicted molar refractivity (Wildman–Crippen MR) is 66.8 cm³/mol. The van der Waals surface area contributed by atoms with Gasteiger partial charge in [-0.2, -0.15) is 0 Å². The van der Waals surface area contributed by atoms with E-state index in [1.54, 1.807) is 0 Å². The molecule has 0 fully saturated rings. The summed E-state index contributed by atoms with van der Waals surface area (Å²) in [6, 6.07) is 2.56. The highest BCUT2D eigenvalue weighted by atomic mass is 35.5. The number of rotatable bonds is 4. The molecule has 6 heteroatoms. The van der Waals surface area contributed by atoms with Crippen molar-refractivity contribution >= 4 is 34.8 Å². The standard InChI is InChI=1S/C11H9Cl2FN2O/c1-2-3-15-6-10(17)16-7-4-8(12)11(14)9(13)5-7/h1,4-5,15H,3,6H2,(H,16,17). The van der Waals surface area contributed by atoms with Gasteiger partial charge in [-0.25, -0.2) is 4.39 Å². The van der Waals surface area contributed by atoms with Gasteiger partial charge in [-0.3, -0.25) is 10.1 Å². The number of benzene rings is 1. The Bertz CT molecular complexity index is 448. The minimum absolute atomic E-state index is 0.0524. The molecule has 0 unspecified atom stereocenters. The van der Waals surface area contributed by atoms with Crippen LogP contribution in [-0.2, 0) is 4.79 Å². The summed E-state index contributed by atoms with van der Waals surface area (Å²) in [5, 5.41) is 4.91. The van der Waals surface area contributed by atoms with Crippen LogP contribution in [0.5, 0.6) is 0 Å². The van der Waals surface area contributed by atoms with Crippen molar-refractivity contribution in [2.45, 2.75) is 0 Å². The van der Waals surface area contributed by atoms with E-state index in [1.165, 1.54) is 12.1 Å². The van der Waals surface area contributed by atoms with Gasteiger partial charge < -0.3 is 5.32 Å². The molecule has 0 aliphatic heterocycles. The second kappa shape index (κ2) is 6.45. The summed E-state index contributed by atoms with van der Waals surface area (Å²) < 4.78 is 13.1. The van der Waals surface area contributed by atoms with E-state index in [-0.39, 0.29) is 22.5 Å². The van der Waals surface area contributed by atoms with Gasteiger partial charge in [0.1, 0.15) is 0 Å². The number of carbonyl (C=O) groups excluding carboxylic acids is 1. The van der Waals surface area contributed by atoms with Crippen LogP contribution < -0.4 is 10.6 Å². The third kappa shape index (κ3) is 4.23. The van der Waals surface area contributed by atoms with Crippen LogP contribution in [0.3, 0.4) is 0 Å². The highest BCUT2D eigenvalue weighted by Crippen LogP contribution is 2.27. The lowest BCUT2D eigenvalue weighted by atomic mass is 10.3. The molecule has 0 aliphatic rings. The molecule has 0 aliphatic carbocycles. The zero-order chi connectivity index (χ0) is 12.8. The average molecular weight is 275 g/mol. The molecule has 0 atom stereocenters. The number of nitrogens with one attached hydrogen (secondary N) is 2. The minimum atomic E-state index is -0.711. The SMILES string of the molecule is C#CCNCC(=O)Nc1cc(Cl)c(F)c(Cl)c1. The molecule has 1 amide bonds. The molecule has 0 spiro atoms.